The number of pyridine rings is 1. The van der Waals surface area contributed by atoms with Crippen molar-refractivity contribution < 1.29 is 14.3 Å². The summed E-state index contributed by atoms with van der Waals surface area (Å²) >= 11 is 0. The molecule has 5 heteroatoms. The Morgan fingerprint density at radius 1 is 1.15 bits per heavy atom. The first-order valence-electron chi connectivity index (χ1n) is 8.95. The van der Waals surface area contributed by atoms with E-state index in [-0.39, 0.29) is 12.3 Å². The van der Waals surface area contributed by atoms with Gasteiger partial charge in [-0.25, -0.2) is 4.98 Å². The summed E-state index contributed by atoms with van der Waals surface area (Å²) in [5.74, 6) is 0.450. The Labute approximate surface area is 159 Å². The van der Waals surface area contributed by atoms with Crippen molar-refractivity contribution in [3.63, 3.8) is 0 Å². The van der Waals surface area contributed by atoms with Gasteiger partial charge in [0.25, 0.3) is 0 Å². The quantitative estimate of drug-likeness (QED) is 0.692. The average Bonchev–Trinajstić information content (AvgIpc) is 2.65. The van der Waals surface area contributed by atoms with Crippen molar-refractivity contribution in [3.05, 3.63) is 59.2 Å². The third-order valence-electron chi connectivity index (χ3n) is 4.50. The smallest absolute Gasteiger partial charge is 0.221 e. The van der Waals surface area contributed by atoms with Crippen molar-refractivity contribution in [2.75, 3.05) is 13.7 Å². The van der Waals surface area contributed by atoms with E-state index in [0.29, 0.717) is 13.2 Å². The second-order valence-electron chi connectivity index (χ2n) is 6.48. The molecule has 1 heterocycles. The predicted molar refractivity (Wildman–Crippen MR) is 107 cm³/mol. The molecule has 1 amide bonds. The molecular weight excluding hydrogens is 340 g/mol. The maximum atomic E-state index is 11.2. The third-order valence-corrected chi connectivity index (χ3v) is 4.50. The average molecular weight is 364 g/mol. The highest BCUT2D eigenvalue weighted by molar-refractivity contribution is 5.87. The van der Waals surface area contributed by atoms with Crippen LogP contribution in [0.3, 0.4) is 0 Å². The number of aryl methyl sites for hydroxylation is 1. The first kappa shape index (κ1) is 18.9. The van der Waals surface area contributed by atoms with E-state index in [9.17, 15) is 4.79 Å². The highest BCUT2D eigenvalue weighted by atomic mass is 16.5. The molecule has 0 spiro atoms. The summed E-state index contributed by atoms with van der Waals surface area (Å²) in [6.07, 6.45) is 0.210. The largest absolute Gasteiger partial charge is 0.496 e. The van der Waals surface area contributed by atoms with Crippen LogP contribution < -0.4 is 10.5 Å². The van der Waals surface area contributed by atoms with Gasteiger partial charge in [0.15, 0.2) is 0 Å². The van der Waals surface area contributed by atoms with Crippen molar-refractivity contribution in [1.29, 1.82) is 0 Å². The molecule has 140 valence electrons. The molecule has 0 aliphatic carbocycles. The summed E-state index contributed by atoms with van der Waals surface area (Å²) in [6, 6.07) is 13.9. The zero-order valence-electron chi connectivity index (χ0n) is 15.9. The Morgan fingerprint density at radius 3 is 2.67 bits per heavy atom. The van der Waals surface area contributed by atoms with Crippen molar-refractivity contribution >= 4 is 16.8 Å². The highest BCUT2D eigenvalue weighted by Gasteiger charge is 2.10. The highest BCUT2D eigenvalue weighted by Crippen LogP contribution is 2.29. The fourth-order valence-corrected chi connectivity index (χ4v) is 3.17. The van der Waals surface area contributed by atoms with E-state index in [0.717, 1.165) is 44.6 Å². The van der Waals surface area contributed by atoms with Crippen molar-refractivity contribution in [2.24, 2.45) is 5.73 Å². The van der Waals surface area contributed by atoms with Crippen LogP contribution in [0.2, 0.25) is 0 Å². The van der Waals surface area contributed by atoms with Gasteiger partial charge in [-0.15, -0.1) is 0 Å². The van der Waals surface area contributed by atoms with Crippen LogP contribution in [-0.4, -0.2) is 24.6 Å². The molecule has 0 atom stereocenters. The van der Waals surface area contributed by atoms with Gasteiger partial charge in [0.05, 0.1) is 31.3 Å². The van der Waals surface area contributed by atoms with E-state index in [1.54, 1.807) is 7.11 Å². The molecule has 0 bridgehead atoms. The van der Waals surface area contributed by atoms with Gasteiger partial charge in [0, 0.05) is 23.1 Å². The molecule has 0 aliphatic rings. The Morgan fingerprint density at radius 2 is 1.96 bits per heavy atom. The van der Waals surface area contributed by atoms with E-state index in [1.807, 2.05) is 37.3 Å². The molecule has 5 nitrogen and oxygen atoms in total. The summed E-state index contributed by atoms with van der Waals surface area (Å²) in [5.41, 5.74) is 11.0. The Hall–Kier alpha value is -2.92. The first-order chi connectivity index (χ1) is 13.0. The van der Waals surface area contributed by atoms with Crippen LogP contribution in [0.15, 0.2) is 42.5 Å². The lowest BCUT2D eigenvalue weighted by atomic mass is 10.0. The van der Waals surface area contributed by atoms with Gasteiger partial charge in [0.2, 0.25) is 5.91 Å². The number of amides is 1. The summed E-state index contributed by atoms with van der Waals surface area (Å²) < 4.78 is 11.0. The number of hydrogen-bond donors (Lipinski definition) is 1. The molecular formula is C22H24N2O3. The van der Waals surface area contributed by atoms with Crippen molar-refractivity contribution in [3.8, 4) is 17.0 Å². The second-order valence-corrected chi connectivity index (χ2v) is 6.48. The Kier molecular flexibility index (Phi) is 5.72. The SMILES string of the molecule is CCOCc1cc(-c2cc(C)c3ccc(CC(N)=O)cc3n2)ccc1OC. The molecule has 0 aliphatic heterocycles. The minimum atomic E-state index is -0.349. The molecule has 0 fully saturated rings. The standard InChI is InChI=1S/C22H24N2O3/c1-4-27-13-17-12-16(6-8-21(17)26-3)19-9-14(2)18-7-5-15(11-22(23)25)10-20(18)24-19/h5-10,12H,4,11,13H2,1-3H3,(H2,23,25). The van der Waals surface area contributed by atoms with Gasteiger partial charge >= 0.3 is 0 Å². The van der Waals surface area contributed by atoms with Gasteiger partial charge in [-0.1, -0.05) is 12.1 Å². The van der Waals surface area contributed by atoms with Crippen LogP contribution in [-0.2, 0) is 22.6 Å². The number of nitrogens with zero attached hydrogens (tertiary/aromatic N) is 1. The zero-order chi connectivity index (χ0) is 19.4. The zero-order valence-corrected chi connectivity index (χ0v) is 15.9. The lowest BCUT2D eigenvalue weighted by Gasteiger charge is -2.12. The molecule has 2 N–H and O–H groups in total. The van der Waals surface area contributed by atoms with Gasteiger partial charge in [0.1, 0.15) is 5.75 Å². The van der Waals surface area contributed by atoms with Crippen LogP contribution in [0.4, 0.5) is 0 Å². The Balaban J connectivity index is 2.06. The number of hydrogen-bond acceptors (Lipinski definition) is 4. The van der Waals surface area contributed by atoms with E-state index in [2.05, 4.69) is 19.1 Å². The Bertz CT molecular complexity index is 983. The van der Waals surface area contributed by atoms with Gasteiger partial charge in [-0.3, -0.25) is 4.79 Å². The number of nitrogens with two attached hydrogens (primary N) is 1. The normalized spacial score (nSPS) is 10.9. The van der Waals surface area contributed by atoms with Crippen molar-refractivity contribution in [2.45, 2.75) is 26.9 Å². The molecule has 27 heavy (non-hydrogen) atoms. The molecule has 1 aromatic heterocycles. The second kappa shape index (κ2) is 8.18. The van der Waals surface area contributed by atoms with Gasteiger partial charge in [-0.05, 0) is 55.3 Å². The number of carbonyl (C=O) groups excluding carboxylic acids is 1. The summed E-state index contributed by atoms with van der Waals surface area (Å²) in [7, 11) is 1.66. The van der Waals surface area contributed by atoms with Crippen molar-refractivity contribution in [1.82, 2.24) is 4.98 Å². The predicted octanol–water partition coefficient (Wildman–Crippen LogP) is 3.78. The van der Waals surface area contributed by atoms with Crippen LogP contribution >= 0.6 is 0 Å². The fourth-order valence-electron chi connectivity index (χ4n) is 3.17. The first-order valence-corrected chi connectivity index (χ1v) is 8.95. The number of primary amides is 1. The maximum absolute atomic E-state index is 11.2. The maximum Gasteiger partial charge on any atom is 0.221 e. The molecule has 2 aromatic carbocycles. The molecule has 3 rings (SSSR count). The third kappa shape index (κ3) is 4.26. The van der Waals surface area contributed by atoms with Gasteiger partial charge in [-0.2, -0.15) is 0 Å². The molecule has 0 saturated heterocycles. The van der Waals surface area contributed by atoms with E-state index in [4.69, 9.17) is 20.2 Å². The van der Waals surface area contributed by atoms with Gasteiger partial charge < -0.3 is 15.2 Å². The monoisotopic (exact) mass is 364 g/mol. The molecule has 0 radical (unpaired) electrons. The number of fused-ring (bicyclic) bond motifs is 1. The summed E-state index contributed by atoms with van der Waals surface area (Å²) in [6.45, 7) is 5.16. The summed E-state index contributed by atoms with van der Waals surface area (Å²) in [4.78, 5) is 16.0. The van der Waals surface area contributed by atoms with Crippen LogP contribution in [0.1, 0.15) is 23.6 Å². The lowest BCUT2D eigenvalue weighted by molar-refractivity contribution is -0.117. The molecule has 0 unspecified atom stereocenters. The van der Waals surface area contributed by atoms with E-state index >= 15 is 0 Å². The number of methoxy groups -OCH3 is 1. The van der Waals surface area contributed by atoms with E-state index in [1.165, 1.54) is 0 Å². The lowest BCUT2D eigenvalue weighted by Crippen LogP contribution is -2.13. The minimum Gasteiger partial charge on any atom is -0.496 e. The molecule has 3 aromatic rings. The summed E-state index contributed by atoms with van der Waals surface area (Å²) in [5, 5.41) is 1.06. The van der Waals surface area contributed by atoms with E-state index < -0.39 is 0 Å². The van der Waals surface area contributed by atoms with Crippen LogP contribution in [0, 0.1) is 6.92 Å². The topological polar surface area (TPSA) is 74.4 Å². The number of carbonyl (C=O) groups is 1. The van der Waals surface area contributed by atoms with Crippen LogP contribution in [0.25, 0.3) is 22.2 Å². The number of aromatic nitrogens is 1. The number of ether oxygens (including phenoxy) is 2. The van der Waals surface area contributed by atoms with Crippen LogP contribution in [0.5, 0.6) is 5.75 Å². The fraction of sp³-hybridized carbons (Fsp3) is 0.273. The number of benzene rings is 2. The molecule has 0 saturated carbocycles. The minimum absolute atomic E-state index is 0.210. The number of rotatable bonds is 7.